The van der Waals surface area contributed by atoms with Gasteiger partial charge in [-0.2, -0.15) is 0 Å². The molecule has 5 heteroatoms. The van der Waals surface area contributed by atoms with E-state index in [1.165, 1.54) is 0 Å². The number of nitrogens with zero attached hydrogens (tertiary/aromatic N) is 1. The largest absolute Gasteiger partial charge is 0.481 e. The summed E-state index contributed by atoms with van der Waals surface area (Å²) in [5.74, 6) is -0.00504. The van der Waals surface area contributed by atoms with E-state index in [0.29, 0.717) is 18.1 Å². The summed E-state index contributed by atoms with van der Waals surface area (Å²) in [7, 11) is 0. The van der Waals surface area contributed by atoms with Gasteiger partial charge < -0.3 is 15.0 Å². The molecule has 146 valence electrons. The Hall–Kier alpha value is -3.24. The summed E-state index contributed by atoms with van der Waals surface area (Å²) in [5, 5.41) is 14.7. The quantitative estimate of drug-likeness (QED) is 0.422. The van der Waals surface area contributed by atoms with E-state index in [1.54, 1.807) is 0 Å². The standard InChI is InChI=1S/C24H21ClN2O2/c25-19-12-10-17(11-13-19)15-26-24-21(14-23(28)29)20-8-4-5-9-22(20)27(24)16-18-6-2-1-3-7-18/h1-13,26H,14-16H2,(H,28,29). The fourth-order valence-corrected chi connectivity index (χ4v) is 3.75. The van der Waals surface area contributed by atoms with E-state index < -0.39 is 5.97 Å². The molecule has 0 amide bonds. The average molecular weight is 405 g/mol. The fraction of sp³-hybridized carbons (Fsp3) is 0.125. The van der Waals surface area contributed by atoms with Crippen molar-refractivity contribution in [3.05, 3.63) is 101 Å². The number of carbonyl (C=O) groups is 1. The molecule has 0 saturated heterocycles. The number of hydrogen-bond acceptors (Lipinski definition) is 2. The highest BCUT2D eigenvalue weighted by atomic mass is 35.5. The summed E-state index contributed by atoms with van der Waals surface area (Å²) in [6.45, 7) is 1.23. The number of nitrogens with one attached hydrogen (secondary N) is 1. The van der Waals surface area contributed by atoms with Gasteiger partial charge in [-0.15, -0.1) is 0 Å². The minimum atomic E-state index is -0.845. The van der Waals surface area contributed by atoms with Gasteiger partial charge in [0.25, 0.3) is 0 Å². The van der Waals surface area contributed by atoms with Crippen LogP contribution in [0.2, 0.25) is 5.02 Å². The maximum absolute atomic E-state index is 11.6. The van der Waals surface area contributed by atoms with Crippen LogP contribution < -0.4 is 5.32 Å². The molecule has 0 aliphatic carbocycles. The predicted molar refractivity (Wildman–Crippen MR) is 118 cm³/mol. The predicted octanol–water partition coefficient (Wildman–Crippen LogP) is 5.58. The molecule has 29 heavy (non-hydrogen) atoms. The molecule has 1 aromatic heterocycles. The van der Waals surface area contributed by atoms with Gasteiger partial charge >= 0.3 is 5.97 Å². The van der Waals surface area contributed by atoms with E-state index in [9.17, 15) is 9.90 Å². The zero-order valence-corrected chi connectivity index (χ0v) is 16.6. The number of para-hydroxylation sites is 1. The van der Waals surface area contributed by atoms with Crippen LogP contribution in [0.3, 0.4) is 0 Å². The number of anilines is 1. The van der Waals surface area contributed by atoms with Crippen LogP contribution in [0.5, 0.6) is 0 Å². The van der Waals surface area contributed by atoms with Crippen molar-refractivity contribution >= 4 is 34.3 Å². The highest BCUT2D eigenvalue weighted by molar-refractivity contribution is 6.30. The maximum Gasteiger partial charge on any atom is 0.307 e. The second-order valence-corrected chi connectivity index (χ2v) is 7.40. The normalized spacial score (nSPS) is 10.9. The Morgan fingerprint density at radius 2 is 1.59 bits per heavy atom. The molecule has 0 aliphatic rings. The lowest BCUT2D eigenvalue weighted by Gasteiger charge is -2.15. The first kappa shape index (κ1) is 19.1. The zero-order valence-electron chi connectivity index (χ0n) is 15.8. The van der Waals surface area contributed by atoms with Gasteiger partial charge in [-0.25, -0.2) is 0 Å². The van der Waals surface area contributed by atoms with Crippen molar-refractivity contribution in [3.63, 3.8) is 0 Å². The highest BCUT2D eigenvalue weighted by Crippen LogP contribution is 2.32. The second-order valence-electron chi connectivity index (χ2n) is 6.97. The molecule has 1 heterocycles. The van der Waals surface area contributed by atoms with Crippen LogP contribution >= 0.6 is 11.6 Å². The second kappa shape index (κ2) is 8.41. The van der Waals surface area contributed by atoms with Crippen molar-refractivity contribution in [1.82, 2.24) is 4.57 Å². The summed E-state index contributed by atoms with van der Waals surface area (Å²) in [4.78, 5) is 11.6. The van der Waals surface area contributed by atoms with Crippen LogP contribution in [0.15, 0.2) is 78.9 Å². The van der Waals surface area contributed by atoms with Gasteiger partial charge in [0.05, 0.1) is 11.9 Å². The smallest absolute Gasteiger partial charge is 0.307 e. The Kier molecular flexibility index (Phi) is 5.54. The van der Waals surface area contributed by atoms with Crippen LogP contribution in [0, 0.1) is 0 Å². The Balaban J connectivity index is 1.78. The average Bonchev–Trinajstić information content (AvgIpc) is 3.01. The van der Waals surface area contributed by atoms with Gasteiger partial charge in [-0.3, -0.25) is 4.79 Å². The van der Waals surface area contributed by atoms with Crippen molar-refractivity contribution in [3.8, 4) is 0 Å². The van der Waals surface area contributed by atoms with Crippen molar-refractivity contribution < 1.29 is 9.90 Å². The number of halogens is 1. The fourth-order valence-electron chi connectivity index (χ4n) is 3.63. The van der Waals surface area contributed by atoms with Gasteiger partial charge in [-0.05, 0) is 29.3 Å². The molecule has 2 N–H and O–H groups in total. The Bertz CT molecular complexity index is 1130. The van der Waals surface area contributed by atoms with Gasteiger partial charge in [0.2, 0.25) is 0 Å². The third-order valence-corrected chi connectivity index (χ3v) is 5.21. The first-order chi connectivity index (χ1) is 14.1. The zero-order chi connectivity index (χ0) is 20.2. The van der Waals surface area contributed by atoms with Crippen molar-refractivity contribution in [2.75, 3.05) is 5.32 Å². The van der Waals surface area contributed by atoms with Crippen molar-refractivity contribution in [1.29, 1.82) is 0 Å². The van der Waals surface area contributed by atoms with E-state index in [0.717, 1.165) is 33.4 Å². The molecule has 0 bridgehead atoms. The lowest BCUT2D eigenvalue weighted by Crippen LogP contribution is -2.11. The summed E-state index contributed by atoms with van der Waals surface area (Å²) in [6, 6.07) is 25.8. The van der Waals surface area contributed by atoms with Gasteiger partial charge in [0.1, 0.15) is 5.82 Å². The number of carboxylic acid groups (broad SMARTS) is 1. The monoisotopic (exact) mass is 404 g/mol. The summed E-state index contributed by atoms with van der Waals surface area (Å²) < 4.78 is 2.17. The molecule has 4 rings (SSSR count). The molecular formula is C24H21ClN2O2. The molecule has 0 atom stereocenters. The van der Waals surface area contributed by atoms with E-state index in [1.807, 2.05) is 66.7 Å². The molecule has 4 nitrogen and oxygen atoms in total. The van der Waals surface area contributed by atoms with Crippen LogP contribution in [0.1, 0.15) is 16.7 Å². The van der Waals surface area contributed by atoms with Gasteiger partial charge in [0, 0.05) is 29.1 Å². The van der Waals surface area contributed by atoms with E-state index in [-0.39, 0.29) is 6.42 Å². The Morgan fingerprint density at radius 1 is 0.897 bits per heavy atom. The number of aromatic nitrogens is 1. The summed E-state index contributed by atoms with van der Waals surface area (Å²) >= 11 is 5.99. The molecule has 3 aromatic carbocycles. The third-order valence-electron chi connectivity index (χ3n) is 4.96. The number of rotatable bonds is 7. The number of benzene rings is 3. The number of fused-ring (bicyclic) bond motifs is 1. The number of aliphatic carboxylic acids is 1. The van der Waals surface area contributed by atoms with E-state index >= 15 is 0 Å². The number of hydrogen-bond donors (Lipinski definition) is 2. The molecular weight excluding hydrogens is 384 g/mol. The molecule has 0 fully saturated rings. The number of carboxylic acids is 1. The van der Waals surface area contributed by atoms with Crippen LogP contribution in [-0.2, 0) is 24.3 Å². The van der Waals surface area contributed by atoms with Crippen LogP contribution in [-0.4, -0.2) is 15.6 Å². The molecule has 0 aliphatic heterocycles. The summed E-state index contributed by atoms with van der Waals surface area (Å²) in [5.41, 5.74) is 4.06. The lowest BCUT2D eigenvalue weighted by atomic mass is 10.1. The third kappa shape index (κ3) is 4.28. The molecule has 0 unspecified atom stereocenters. The Labute approximate surface area is 174 Å². The molecule has 0 spiro atoms. The first-order valence-electron chi connectivity index (χ1n) is 9.46. The van der Waals surface area contributed by atoms with Gasteiger partial charge in [0.15, 0.2) is 0 Å². The van der Waals surface area contributed by atoms with Crippen molar-refractivity contribution in [2.24, 2.45) is 0 Å². The topological polar surface area (TPSA) is 54.3 Å². The minimum absolute atomic E-state index is 0.0365. The Morgan fingerprint density at radius 3 is 2.31 bits per heavy atom. The van der Waals surface area contributed by atoms with Crippen molar-refractivity contribution in [2.45, 2.75) is 19.5 Å². The minimum Gasteiger partial charge on any atom is -0.481 e. The molecule has 0 saturated carbocycles. The summed E-state index contributed by atoms with van der Waals surface area (Å²) in [6.07, 6.45) is -0.0365. The van der Waals surface area contributed by atoms with Gasteiger partial charge in [-0.1, -0.05) is 72.3 Å². The van der Waals surface area contributed by atoms with E-state index in [4.69, 9.17) is 11.6 Å². The molecule has 0 radical (unpaired) electrons. The lowest BCUT2D eigenvalue weighted by molar-refractivity contribution is -0.136. The highest BCUT2D eigenvalue weighted by Gasteiger charge is 2.19. The van der Waals surface area contributed by atoms with Crippen LogP contribution in [0.25, 0.3) is 10.9 Å². The SMILES string of the molecule is O=C(O)Cc1c(NCc2ccc(Cl)cc2)n(Cc2ccccc2)c2ccccc12. The maximum atomic E-state index is 11.6. The van der Waals surface area contributed by atoms with Crippen LogP contribution in [0.4, 0.5) is 5.82 Å². The first-order valence-corrected chi connectivity index (χ1v) is 9.84. The van der Waals surface area contributed by atoms with E-state index in [2.05, 4.69) is 22.0 Å². The molecule has 4 aromatic rings.